The van der Waals surface area contributed by atoms with E-state index >= 15 is 0 Å². The van der Waals surface area contributed by atoms with Crippen LogP contribution < -0.4 is 4.74 Å². The van der Waals surface area contributed by atoms with E-state index in [9.17, 15) is 22.0 Å². The van der Waals surface area contributed by atoms with Gasteiger partial charge in [-0.3, -0.25) is 0 Å². The average Bonchev–Trinajstić information content (AvgIpc) is 2.79. The van der Waals surface area contributed by atoms with Gasteiger partial charge in [0.25, 0.3) is 0 Å². The molecule has 0 spiro atoms. The number of allylic oxidation sites excluding steroid dienone is 2. The van der Waals surface area contributed by atoms with Gasteiger partial charge in [0, 0.05) is 5.56 Å². The summed E-state index contributed by atoms with van der Waals surface area (Å²) in [5, 5.41) is 0. The molecule has 2 saturated carbocycles. The molecule has 0 aliphatic heterocycles. The average molecular weight is 479 g/mol. The zero-order valence-electron chi connectivity index (χ0n) is 19.4. The summed E-state index contributed by atoms with van der Waals surface area (Å²) in [6.45, 7) is 2.06. The third-order valence-electron chi connectivity index (χ3n) is 7.63. The smallest absolute Gasteiger partial charge is 0.403 e. The number of alkyl halides is 3. The van der Waals surface area contributed by atoms with E-state index in [-0.39, 0.29) is 11.1 Å². The van der Waals surface area contributed by atoms with Gasteiger partial charge < -0.3 is 4.74 Å². The first-order valence-electron chi connectivity index (χ1n) is 12.2. The van der Waals surface area contributed by atoms with Crippen LogP contribution in [0.2, 0.25) is 0 Å². The lowest BCUT2D eigenvalue weighted by Gasteiger charge is -2.42. The van der Waals surface area contributed by atoms with E-state index in [1.54, 1.807) is 6.07 Å². The van der Waals surface area contributed by atoms with Crippen molar-refractivity contribution < 1.29 is 26.7 Å². The highest BCUT2D eigenvalue weighted by Crippen LogP contribution is 2.48. The fourth-order valence-corrected chi connectivity index (χ4v) is 5.95. The molecule has 0 bridgehead atoms. The Labute approximate surface area is 198 Å². The summed E-state index contributed by atoms with van der Waals surface area (Å²) in [6.07, 6.45) is 8.93. The summed E-state index contributed by atoms with van der Waals surface area (Å²) in [4.78, 5) is 0. The van der Waals surface area contributed by atoms with Crippen molar-refractivity contribution in [2.75, 3.05) is 0 Å². The summed E-state index contributed by atoms with van der Waals surface area (Å²) < 4.78 is 69.8. The van der Waals surface area contributed by atoms with Crippen LogP contribution >= 0.6 is 0 Å². The Balaban J connectivity index is 1.41. The molecule has 6 heteroatoms. The standard InChI is InChI=1S/C28H31F5O/c1-2-3-4-5-18-6-7-20-15-21(9-8-19(20)14-18)22-10-12-24(25(29)16-22)23-11-13-27(26(30)17-23)34-28(31,32)33/h2-3,10-13,16-21H,4-9,14-15H2,1H3/b3-2+. The summed E-state index contributed by atoms with van der Waals surface area (Å²) in [5.74, 6) is -0.0155. The summed E-state index contributed by atoms with van der Waals surface area (Å²) >= 11 is 0. The van der Waals surface area contributed by atoms with Gasteiger partial charge in [-0.25, -0.2) is 8.78 Å². The van der Waals surface area contributed by atoms with Crippen molar-refractivity contribution in [2.45, 2.75) is 70.6 Å². The molecule has 184 valence electrons. The van der Waals surface area contributed by atoms with E-state index in [1.165, 1.54) is 44.2 Å². The monoisotopic (exact) mass is 478 g/mol. The number of fused-ring (bicyclic) bond motifs is 1. The minimum Gasteiger partial charge on any atom is -0.403 e. The topological polar surface area (TPSA) is 9.23 Å². The number of ether oxygens (including phenoxy) is 1. The van der Waals surface area contributed by atoms with Crippen LogP contribution in [0.4, 0.5) is 22.0 Å². The molecular weight excluding hydrogens is 447 g/mol. The second-order valence-corrected chi connectivity index (χ2v) is 9.79. The fourth-order valence-electron chi connectivity index (χ4n) is 5.95. The van der Waals surface area contributed by atoms with Gasteiger partial charge in [-0.05, 0) is 105 Å². The third kappa shape index (κ3) is 6.00. The zero-order chi connectivity index (χ0) is 24.3. The molecule has 0 heterocycles. The van der Waals surface area contributed by atoms with Gasteiger partial charge in [0.2, 0.25) is 0 Å². The van der Waals surface area contributed by atoms with Crippen LogP contribution in [-0.2, 0) is 0 Å². The Hall–Kier alpha value is -2.37. The minimum absolute atomic E-state index is 0.163. The highest BCUT2D eigenvalue weighted by molar-refractivity contribution is 5.65. The Morgan fingerprint density at radius 3 is 2.38 bits per heavy atom. The van der Waals surface area contributed by atoms with Crippen LogP contribution in [0.25, 0.3) is 11.1 Å². The normalized spacial score (nSPS) is 25.4. The summed E-state index contributed by atoms with van der Waals surface area (Å²) in [7, 11) is 0. The molecule has 1 nitrogen and oxygen atoms in total. The van der Waals surface area contributed by atoms with Crippen LogP contribution in [0, 0.1) is 29.4 Å². The van der Waals surface area contributed by atoms with E-state index in [0.717, 1.165) is 48.8 Å². The van der Waals surface area contributed by atoms with E-state index in [4.69, 9.17) is 0 Å². The molecule has 4 rings (SSSR count). The minimum atomic E-state index is -4.99. The van der Waals surface area contributed by atoms with Crippen LogP contribution in [0.1, 0.15) is 69.8 Å². The lowest BCUT2D eigenvalue weighted by atomic mass is 9.63. The van der Waals surface area contributed by atoms with E-state index < -0.39 is 23.7 Å². The van der Waals surface area contributed by atoms with Gasteiger partial charge in [0.05, 0.1) is 0 Å². The van der Waals surface area contributed by atoms with Crippen molar-refractivity contribution >= 4 is 0 Å². The van der Waals surface area contributed by atoms with Crippen molar-refractivity contribution in [1.29, 1.82) is 0 Å². The molecule has 0 saturated heterocycles. The van der Waals surface area contributed by atoms with Crippen molar-refractivity contribution in [3.8, 4) is 16.9 Å². The van der Waals surface area contributed by atoms with Gasteiger partial charge in [-0.2, -0.15) is 0 Å². The lowest BCUT2D eigenvalue weighted by molar-refractivity contribution is -0.275. The molecule has 2 aromatic rings. The van der Waals surface area contributed by atoms with E-state index in [1.807, 2.05) is 6.07 Å². The van der Waals surface area contributed by atoms with Crippen LogP contribution in [-0.4, -0.2) is 6.36 Å². The van der Waals surface area contributed by atoms with Gasteiger partial charge in [-0.1, -0.05) is 36.8 Å². The van der Waals surface area contributed by atoms with Crippen molar-refractivity contribution in [1.82, 2.24) is 0 Å². The van der Waals surface area contributed by atoms with Gasteiger partial charge in [0.15, 0.2) is 11.6 Å². The van der Waals surface area contributed by atoms with Crippen molar-refractivity contribution in [3.05, 3.63) is 65.7 Å². The predicted molar refractivity (Wildman–Crippen MR) is 123 cm³/mol. The Kier molecular flexibility index (Phi) is 7.63. The molecule has 2 fully saturated rings. The number of hydrogen-bond acceptors (Lipinski definition) is 1. The van der Waals surface area contributed by atoms with E-state index in [0.29, 0.717) is 11.8 Å². The maximum atomic E-state index is 15.0. The van der Waals surface area contributed by atoms with Gasteiger partial charge in [0.1, 0.15) is 5.82 Å². The van der Waals surface area contributed by atoms with Crippen molar-refractivity contribution in [3.63, 3.8) is 0 Å². The van der Waals surface area contributed by atoms with Crippen LogP contribution in [0.3, 0.4) is 0 Å². The quantitative estimate of drug-likeness (QED) is 0.297. The second kappa shape index (κ2) is 10.5. The fraction of sp³-hybridized carbons (Fsp3) is 0.500. The number of rotatable bonds is 6. The maximum absolute atomic E-state index is 15.0. The Morgan fingerprint density at radius 1 is 0.912 bits per heavy atom. The first-order chi connectivity index (χ1) is 16.2. The number of benzene rings is 2. The number of hydrogen-bond donors (Lipinski definition) is 0. The first kappa shape index (κ1) is 24.7. The molecular formula is C28H31F5O. The molecule has 0 radical (unpaired) electrons. The summed E-state index contributed by atoms with van der Waals surface area (Å²) in [5.41, 5.74) is 1.29. The Bertz CT molecular complexity index is 1010. The zero-order valence-corrected chi connectivity index (χ0v) is 19.4. The molecule has 0 amide bonds. The summed E-state index contributed by atoms with van der Waals surface area (Å²) in [6, 6.07) is 7.99. The molecule has 4 unspecified atom stereocenters. The number of halogens is 5. The first-order valence-corrected chi connectivity index (χ1v) is 12.2. The van der Waals surface area contributed by atoms with Crippen molar-refractivity contribution in [2.24, 2.45) is 17.8 Å². The molecule has 0 aromatic heterocycles. The molecule has 4 atom stereocenters. The van der Waals surface area contributed by atoms with Gasteiger partial charge in [-0.15, -0.1) is 13.2 Å². The van der Waals surface area contributed by atoms with E-state index in [2.05, 4.69) is 23.8 Å². The maximum Gasteiger partial charge on any atom is 0.573 e. The molecule has 2 aromatic carbocycles. The molecule has 0 N–H and O–H groups in total. The van der Waals surface area contributed by atoms with Crippen LogP contribution in [0.15, 0.2) is 48.6 Å². The third-order valence-corrected chi connectivity index (χ3v) is 7.63. The second-order valence-electron chi connectivity index (χ2n) is 9.79. The molecule has 34 heavy (non-hydrogen) atoms. The lowest BCUT2D eigenvalue weighted by Crippen LogP contribution is -2.30. The highest BCUT2D eigenvalue weighted by Gasteiger charge is 2.36. The Morgan fingerprint density at radius 2 is 1.68 bits per heavy atom. The molecule has 2 aliphatic carbocycles. The molecule has 2 aliphatic rings. The van der Waals surface area contributed by atoms with Gasteiger partial charge >= 0.3 is 6.36 Å². The largest absolute Gasteiger partial charge is 0.573 e. The highest BCUT2D eigenvalue weighted by atomic mass is 19.4. The SMILES string of the molecule is C/C=C/CCC1CCC2CC(c3ccc(-c4ccc(OC(F)(F)F)c(F)c4)c(F)c3)CCC2C1. The van der Waals surface area contributed by atoms with Crippen LogP contribution in [0.5, 0.6) is 5.75 Å². The predicted octanol–water partition coefficient (Wildman–Crippen LogP) is 9.19.